The maximum Gasteiger partial charge on any atom is 0.363 e. The van der Waals surface area contributed by atoms with Gasteiger partial charge in [0.05, 0.1) is 5.69 Å². The standard InChI is InChI=1S/C12H15BrN4O3/c13-4-3-12(18)16-7-5-15(6-8-16)10-1-2-11(14-9-10)17(19)20/h1-2,9H,3-8H2. The van der Waals surface area contributed by atoms with Crippen LogP contribution in [0.3, 0.4) is 0 Å². The first kappa shape index (κ1) is 14.7. The summed E-state index contributed by atoms with van der Waals surface area (Å²) in [4.78, 5) is 29.5. The third-order valence-electron chi connectivity index (χ3n) is 3.23. The van der Waals surface area contributed by atoms with E-state index in [1.165, 1.54) is 12.3 Å². The third-order valence-corrected chi connectivity index (χ3v) is 3.62. The summed E-state index contributed by atoms with van der Waals surface area (Å²) in [7, 11) is 0. The Morgan fingerprint density at radius 3 is 2.55 bits per heavy atom. The molecule has 0 atom stereocenters. The lowest BCUT2D eigenvalue weighted by Gasteiger charge is -2.35. The van der Waals surface area contributed by atoms with E-state index in [0.29, 0.717) is 37.9 Å². The van der Waals surface area contributed by atoms with Crippen molar-refractivity contribution in [3.63, 3.8) is 0 Å². The predicted octanol–water partition coefficient (Wildman–Crippen LogP) is 1.42. The van der Waals surface area contributed by atoms with Gasteiger partial charge in [0, 0.05) is 44.0 Å². The fourth-order valence-corrected chi connectivity index (χ4v) is 2.47. The molecule has 0 saturated carbocycles. The van der Waals surface area contributed by atoms with Crippen molar-refractivity contribution in [2.45, 2.75) is 6.42 Å². The van der Waals surface area contributed by atoms with E-state index in [1.807, 2.05) is 4.90 Å². The molecule has 1 aromatic rings. The molecule has 0 N–H and O–H groups in total. The number of pyridine rings is 1. The molecule has 8 heteroatoms. The second kappa shape index (κ2) is 6.65. The average molecular weight is 343 g/mol. The van der Waals surface area contributed by atoms with Crippen LogP contribution in [-0.2, 0) is 4.79 Å². The van der Waals surface area contributed by atoms with E-state index in [2.05, 4.69) is 25.8 Å². The molecule has 108 valence electrons. The van der Waals surface area contributed by atoms with Gasteiger partial charge >= 0.3 is 5.82 Å². The van der Waals surface area contributed by atoms with Gasteiger partial charge in [-0.3, -0.25) is 4.79 Å². The highest BCUT2D eigenvalue weighted by Crippen LogP contribution is 2.18. The molecule has 0 unspecified atom stereocenters. The summed E-state index contributed by atoms with van der Waals surface area (Å²) >= 11 is 3.26. The Labute approximate surface area is 124 Å². The first-order valence-corrected chi connectivity index (χ1v) is 7.43. The van der Waals surface area contributed by atoms with Crippen LogP contribution in [0.2, 0.25) is 0 Å². The minimum atomic E-state index is -0.513. The van der Waals surface area contributed by atoms with Crippen LogP contribution in [-0.4, -0.2) is 52.2 Å². The number of hydrogen-bond acceptors (Lipinski definition) is 5. The smallest absolute Gasteiger partial charge is 0.363 e. The van der Waals surface area contributed by atoms with Gasteiger partial charge in [-0.25, -0.2) is 0 Å². The summed E-state index contributed by atoms with van der Waals surface area (Å²) in [5.74, 6) is 0.00299. The molecule has 2 heterocycles. The molecule has 0 bridgehead atoms. The Morgan fingerprint density at radius 1 is 1.35 bits per heavy atom. The van der Waals surface area contributed by atoms with Gasteiger partial charge in [-0.05, 0) is 16.0 Å². The molecule has 0 radical (unpaired) electrons. The van der Waals surface area contributed by atoms with Crippen molar-refractivity contribution in [2.75, 3.05) is 36.4 Å². The molecule has 1 aliphatic heterocycles. The van der Waals surface area contributed by atoms with Crippen LogP contribution in [0.15, 0.2) is 18.3 Å². The first-order valence-electron chi connectivity index (χ1n) is 6.31. The molecule has 1 aromatic heterocycles. The SMILES string of the molecule is O=C(CCBr)N1CCN(c2ccc([N+](=O)[O-])nc2)CC1. The largest absolute Gasteiger partial charge is 0.365 e. The number of nitro groups is 1. The van der Waals surface area contributed by atoms with Crippen molar-refractivity contribution in [2.24, 2.45) is 0 Å². The molecule has 7 nitrogen and oxygen atoms in total. The fraction of sp³-hybridized carbons (Fsp3) is 0.500. The average Bonchev–Trinajstić information content (AvgIpc) is 2.48. The van der Waals surface area contributed by atoms with Gasteiger partial charge < -0.3 is 19.9 Å². The highest BCUT2D eigenvalue weighted by atomic mass is 79.9. The number of piperazine rings is 1. The monoisotopic (exact) mass is 342 g/mol. The minimum Gasteiger partial charge on any atom is -0.365 e. The van der Waals surface area contributed by atoms with E-state index in [4.69, 9.17) is 0 Å². The van der Waals surface area contributed by atoms with Crippen LogP contribution in [0.25, 0.3) is 0 Å². The number of alkyl halides is 1. The molecule has 1 amide bonds. The topological polar surface area (TPSA) is 79.6 Å². The maximum absolute atomic E-state index is 11.8. The molecule has 1 fully saturated rings. The summed E-state index contributed by atoms with van der Waals surface area (Å²) in [5.41, 5.74) is 0.850. The molecule has 2 rings (SSSR count). The van der Waals surface area contributed by atoms with Crippen LogP contribution < -0.4 is 4.90 Å². The summed E-state index contributed by atoms with van der Waals surface area (Å²) < 4.78 is 0. The molecule has 0 aliphatic carbocycles. The second-order valence-electron chi connectivity index (χ2n) is 4.44. The maximum atomic E-state index is 11.8. The van der Waals surface area contributed by atoms with Crippen molar-refractivity contribution in [1.82, 2.24) is 9.88 Å². The minimum absolute atomic E-state index is 0.153. The summed E-state index contributed by atoms with van der Waals surface area (Å²) in [5, 5.41) is 11.2. The molecular weight excluding hydrogens is 328 g/mol. The Hall–Kier alpha value is -1.70. The lowest BCUT2D eigenvalue weighted by Crippen LogP contribution is -2.48. The predicted molar refractivity (Wildman–Crippen MR) is 78.1 cm³/mol. The molecule has 1 saturated heterocycles. The van der Waals surface area contributed by atoms with E-state index in [0.717, 1.165) is 5.69 Å². The fourth-order valence-electron chi connectivity index (χ4n) is 2.13. The zero-order valence-corrected chi connectivity index (χ0v) is 12.5. The number of amides is 1. The summed E-state index contributed by atoms with van der Waals surface area (Å²) in [6.45, 7) is 2.77. The molecule has 1 aliphatic rings. The van der Waals surface area contributed by atoms with Crippen molar-refractivity contribution in [1.29, 1.82) is 0 Å². The zero-order chi connectivity index (χ0) is 14.5. The third kappa shape index (κ3) is 3.44. The van der Waals surface area contributed by atoms with Crippen LogP contribution in [0.5, 0.6) is 0 Å². The highest BCUT2D eigenvalue weighted by Gasteiger charge is 2.21. The Kier molecular flexibility index (Phi) is 4.89. The Bertz CT molecular complexity index is 486. The normalized spacial score (nSPS) is 15.2. The van der Waals surface area contributed by atoms with E-state index in [-0.39, 0.29) is 11.7 Å². The van der Waals surface area contributed by atoms with Gasteiger partial charge in [-0.1, -0.05) is 15.9 Å². The van der Waals surface area contributed by atoms with Gasteiger partial charge in [0.1, 0.15) is 0 Å². The molecule has 20 heavy (non-hydrogen) atoms. The van der Waals surface area contributed by atoms with E-state index in [1.54, 1.807) is 6.07 Å². The lowest BCUT2D eigenvalue weighted by molar-refractivity contribution is -0.389. The molecular formula is C12H15BrN4O3. The summed E-state index contributed by atoms with van der Waals surface area (Å²) in [6, 6.07) is 3.10. The van der Waals surface area contributed by atoms with Crippen molar-refractivity contribution >= 4 is 33.3 Å². The number of rotatable bonds is 4. The number of aromatic nitrogens is 1. The number of hydrogen-bond donors (Lipinski definition) is 0. The van der Waals surface area contributed by atoms with Crippen LogP contribution in [0, 0.1) is 10.1 Å². The van der Waals surface area contributed by atoms with Crippen LogP contribution in [0.4, 0.5) is 11.5 Å². The Morgan fingerprint density at radius 2 is 2.05 bits per heavy atom. The van der Waals surface area contributed by atoms with E-state index < -0.39 is 4.92 Å². The molecule has 0 aromatic carbocycles. The van der Waals surface area contributed by atoms with Crippen molar-refractivity contribution in [3.05, 3.63) is 28.4 Å². The highest BCUT2D eigenvalue weighted by molar-refractivity contribution is 9.09. The second-order valence-corrected chi connectivity index (χ2v) is 5.23. The molecule has 0 spiro atoms. The van der Waals surface area contributed by atoms with Gasteiger partial charge in [-0.2, -0.15) is 0 Å². The Balaban J connectivity index is 1.93. The lowest BCUT2D eigenvalue weighted by atomic mass is 10.2. The number of halogens is 1. The van der Waals surface area contributed by atoms with Crippen molar-refractivity contribution in [3.8, 4) is 0 Å². The zero-order valence-electron chi connectivity index (χ0n) is 10.9. The van der Waals surface area contributed by atoms with Gasteiger partial charge in [0.25, 0.3) is 0 Å². The quantitative estimate of drug-likeness (QED) is 0.469. The number of anilines is 1. The number of carbonyl (C=O) groups excluding carboxylic acids is 1. The summed E-state index contributed by atoms with van der Waals surface area (Å²) in [6.07, 6.45) is 2.02. The van der Waals surface area contributed by atoms with Gasteiger partial charge in [-0.15, -0.1) is 0 Å². The van der Waals surface area contributed by atoms with Gasteiger partial charge in [0.2, 0.25) is 5.91 Å². The van der Waals surface area contributed by atoms with Crippen LogP contribution in [0.1, 0.15) is 6.42 Å². The van der Waals surface area contributed by atoms with E-state index in [9.17, 15) is 14.9 Å². The van der Waals surface area contributed by atoms with Gasteiger partial charge in [0.15, 0.2) is 6.20 Å². The van der Waals surface area contributed by atoms with Crippen LogP contribution >= 0.6 is 15.9 Å². The van der Waals surface area contributed by atoms with E-state index >= 15 is 0 Å². The number of carbonyl (C=O) groups is 1. The first-order chi connectivity index (χ1) is 9.61. The number of nitrogens with zero attached hydrogens (tertiary/aromatic N) is 4. The van der Waals surface area contributed by atoms with Crippen molar-refractivity contribution < 1.29 is 9.72 Å².